The van der Waals surface area contributed by atoms with Gasteiger partial charge in [-0.2, -0.15) is 0 Å². The van der Waals surface area contributed by atoms with Gasteiger partial charge >= 0.3 is 11.8 Å². The Bertz CT molecular complexity index is 101. The number of rotatable bonds is 0. The van der Waals surface area contributed by atoms with E-state index >= 15 is 0 Å². The Morgan fingerprint density at radius 3 is 1.33 bits per heavy atom. The van der Waals surface area contributed by atoms with E-state index in [1.807, 2.05) is 0 Å². The Hall–Kier alpha value is -0.140. The molecule has 6 nitrogen and oxygen atoms in total. The number of hydrogen-bond donors (Lipinski definition) is 4. The summed E-state index contributed by atoms with van der Waals surface area (Å²) in [6, 6.07) is 0. The molecule has 0 saturated heterocycles. The Balaban J connectivity index is 0. The standard InChI is InChI=1S/C2H4N2O4.Na/c5-1(3-7)2(6)4-8;/h7-8H,(H,3,5)(H,4,6);. The molecule has 7 heteroatoms. The first-order chi connectivity index (χ1) is 3.72. The number of hydrogen-bond acceptors (Lipinski definition) is 4. The minimum absolute atomic E-state index is 0. The van der Waals surface area contributed by atoms with Crippen molar-refractivity contribution in [2.24, 2.45) is 0 Å². The maximum Gasteiger partial charge on any atom is 0.334 e. The van der Waals surface area contributed by atoms with Crippen LogP contribution in [-0.2, 0) is 9.59 Å². The van der Waals surface area contributed by atoms with Crippen LogP contribution in [0.4, 0.5) is 0 Å². The molecule has 0 aromatic rings. The number of hydroxylamine groups is 2. The molecule has 0 bridgehead atoms. The third-order valence-electron chi connectivity index (χ3n) is 0.409. The van der Waals surface area contributed by atoms with E-state index in [0.29, 0.717) is 0 Å². The van der Waals surface area contributed by atoms with Crippen LogP contribution in [0.15, 0.2) is 0 Å². The number of carbonyl (C=O) groups excluding carboxylic acids is 2. The van der Waals surface area contributed by atoms with E-state index in [0.717, 1.165) is 11.0 Å². The van der Waals surface area contributed by atoms with Crippen molar-refractivity contribution >= 4 is 41.4 Å². The van der Waals surface area contributed by atoms with Gasteiger partial charge in [-0.1, -0.05) is 0 Å². The van der Waals surface area contributed by atoms with Crippen LogP contribution >= 0.6 is 0 Å². The van der Waals surface area contributed by atoms with Crippen LogP contribution in [-0.4, -0.2) is 51.8 Å². The van der Waals surface area contributed by atoms with Gasteiger partial charge in [0.05, 0.1) is 0 Å². The van der Waals surface area contributed by atoms with Gasteiger partial charge in [0.2, 0.25) is 0 Å². The van der Waals surface area contributed by atoms with Crippen LogP contribution in [0.2, 0.25) is 0 Å². The fourth-order valence-electron chi connectivity index (χ4n) is 0.102. The fraction of sp³-hybridized carbons (Fsp3) is 0. The van der Waals surface area contributed by atoms with Crippen LogP contribution in [0.1, 0.15) is 0 Å². The number of carbonyl (C=O) groups is 2. The minimum atomic E-state index is -1.31. The maximum atomic E-state index is 9.81. The molecule has 0 heterocycles. The summed E-state index contributed by atoms with van der Waals surface area (Å²) in [6.07, 6.45) is 0. The molecule has 0 aliphatic heterocycles. The van der Waals surface area contributed by atoms with Crippen molar-refractivity contribution in [1.82, 2.24) is 11.0 Å². The van der Waals surface area contributed by atoms with Gasteiger partial charge in [0.1, 0.15) is 0 Å². The summed E-state index contributed by atoms with van der Waals surface area (Å²) in [5, 5.41) is 15.3. The average molecular weight is 143 g/mol. The topological polar surface area (TPSA) is 98.7 Å². The van der Waals surface area contributed by atoms with Crippen molar-refractivity contribution in [2.75, 3.05) is 0 Å². The predicted molar refractivity (Wildman–Crippen MR) is 25.6 cm³/mol. The van der Waals surface area contributed by atoms with Crippen molar-refractivity contribution in [3.63, 3.8) is 0 Å². The Morgan fingerprint density at radius 2 is 1.22 bits per heavy atom. The Kier molecular flexibility index (Phi) is 7.74. The van der Waals surface area contributed by atoms with Crippen LogP contribution in [0.25, 0.3) is 0 Å². The first kappa shape index (κ1) is 11.6. The normalized spacial score (nSPS) is 6.89. The first-order valence-corrected chi connectivity index (χ1v) is 1.61. The molecule has 0 aliphatic rings. The van der Waals surface area contributed by atoms with E-state index in [1.54, 1.807) is 0 Å². The zero-order valence-electron chi connectivity index (χ0n) is 4.71. The van der Waals surface area contributed by atoms with E-state index in [4.69, 9.17) is 10.4 Å². The summed E-state index contributed by atoms with van der Waals surface area (Å²) in [5.41, 5.74) is 2.01. The van der Waals surface area contributed by atoms with Gasteiger partial charge in [-0.25, -0.2) is 11.0 Å². The van der Waals surface area contributed by atoms with Gasteiger partial charge in [-0.05, 0) is 0 Å². The summed E-state index contributed by atoms with van der Waals surface area (Å²) >= 11 is 0. The third-order valence-corrected chi connectivity index (χ3v) is 0.409. The van der Waals surface area contributed by atoms with Crippen molar-refractivity contribution in [1.29, 1.82) is 0 Å². The van der Waals surface area contributed by atoms with Gasteiger partial charge < -0.3 is 0 Å². The van der Waals surface area contributed by atoms with Crippen LogP contribution in [0.3, 0.4) is 0 Å². The quantitative estimate of drug-likeness (QED) is 0.132. The summed E-state index contributed by atoms with van der Waals surface area (Å²) in [5.74, 6) is -2.62. The van der Waals surface area contributed by atoms with Crippen molar-refractivity contribution in [3.05, 3.63) is 0 Å². The molecule has 47 valence electrons. The SMILES string of the molecule is O=C(NO)C(=O)NO.[Na]. The molecule has 9 heavy (non-hydrogen) atoms. The maximum absolute atomic E-state index is 9.81. The smallest absolute Gasteiger partial charge is 0.288 e. The third kappa shape index (κ3) is 4.37. The molecule has 4 N–H and O–H groups in total. The van der Waals surface area contributed by atoms with Crippen LogP contribution in [0.5, 0.6) is 0 Å². The van der Waals surface area contributed by atoms with Crippen molar-refractivity contribution < 1.29 is 20.0 Å². The predicted octanol–water partition coefficient (Wildman–Crippen LogP) is -2.38. The molecule has 0 aromatic heterocycles. The van der Waals surface area contributed by atoms with Gasteiger partial charge in [0.25, 0.3) is 0 Å². The molecule has 0 atom stereocenters. The van der Waals surface area contributed by atoms with Crippen LogP contribution < -0.4 is 11.0 Å². The summed E-state index contributed by atoms with van der Waals surface area (Å²) in [4.78, 5) is 19.6. The molecule has 0 aliphatic carbocycles. The van der Waals surface area contributed by atoms with Gasteiger partial charge in [0, 0.05) is 29.6 Å². The van der Waals surface area contributed by atoms with Crippen LogP contribution in [0, 0.1) is 0 Å². The molecule has 1 radical (unpaired) electrons. The minimum Gasteiger partial charge on any atom is -0.288 e. The molecule has 0 aromatic carbocycles. The Labute approximate surface area is 72.4 Å². The van der Waals surface area contributed by atoms with Gasteiger partial charge in [0.15, 0.2) is 0 Å². The second-order valence-electron chi connectivity index (χ2n) is 0.882. The summed E-state index contributed by atoms with van der Waals surface area (Å²) in [7, 11) is 0. The molecule has 0 rings (SSSR count). The van der Waals surface area contributed by atoms with E-state index in [-0.39, 0.29) is 29.6 Å². The summed E-state index contributed by atoms with van der Waals surface area (Å²) < 4.78 is 0. The van der Waals surface area contributed by atoms with Gasteiger partial charge in [-0.3, -0.25) is 20.0 Å². The zero-order valence-corrected chi connectivity index (χ0v) is 6.71. The molecule has 0 unspecified atom stereocenters. The molecule has 0 saturated carbocycles. The second-order valence-corrected chi connectivity index (χ2v) is 0.882. The largest absolute Gasteiger partial charge is 0.334 e. The van der Waals surface area contributed by atoms with E-state index in [1.165, 1.54) is 0 Å². The van der Waals surface area contributed by atoms with Crippen molar-refractivity contribution in [2.45, 2.75) is 0 Å². The first-order valence-electron chi connectivity index (χ1n) is 1.61. The summed E-state index contributed by atoms with van der Waals surface area (Å²) in [6.45, 7) is 0. The van der Waals surface area contributed by atoms with E-state index < -0.39 is 11.8 Å². The second kappa shape index (κ2) is 5.99. The molecule has 0 fully saturated rings. The molecular formula is C2H4N2NaO4. The molecule has 0 spiro atoms. The number of amides is 2. The van der Waals surface area contributed by atoms with E-state index in [9.17, 15) is 9.59 Å². The van der Waals surface area contributed by atoms with E-state index in [2.05, 4.69) is 0 Å². The number of nitrogens with one attached hydrogen (secondary N) is 2. The fourth-order valence-corrected chi connectivity index (χ4v) is 0.102. The van der Waals surface area contributed by atoms with Gasteiger partial charge in [-0.15, -0.1) is 0 Å². The average Bonchev–Trinajstić information content (AvgIpc) is 1.84. The molecular weight excluding hydrogens is 139 g/mol. The zero-order chi connectivity index (χ0) is 6.57. The monoisotopic (exact) mass is 143 g/mol. The molecule has 2 amide bonds. The van der Waals surface area contributed by atoms with Crippen molar-refractivity contribution in [3.8, 4) is 0 Å². The Morgan fingerprint density at radius 1 is 1.00 bits per heavy atom.